The van der Waals surface area contributed by atoms with Crippen LogP contribution in [0.4, 0.5) is 0 Å². The Bertz CT molecular complexity index is 195. The lowest BCUT2D eigenvalue weighted by molar-refractivity contribution is -0.123. The molecule has 0 aromatic heterocycles. The summed E-state index contributed by atoms with van der Waals surface area (Å²) in [4.78, 5) is 0. The van der Waals surface area contributed by atoms with Gasteiger partial charge in [0.1, 0.15) is 0 Å². The van der Waals surface area contributed by atoms with Crippen LogP contribution in [0, 0.1) is 5.41 Å². The Morgan fingerprint density at radius 1 is 1.50 bits per heavy atom. The van der Waals surface area contributed by atoms with Gasteiger partial charge in [-0.25, -0.2) is 0 Å². The average molecular weight is 170 g/mol. The van der Waals surface area contributed by atoms with Gasteiger partial charge in [0, 0.05) is 12.0 Å². The molecular formula is C9H18N2O. The van der Waals surface area contributed by atoms with E-state index in [1.54, 1.807) is 0 Å². The molecule has 1 heterocycles. The van der Waals surface area contributed by atoms with Crippen LogP contribution in [0.3, 0.4) is 0 Å². The SMILES string of the molecule is CCN1N=COC1(C)C(C)(C)C. The second-order valence-electron chi connectivity index (χ2n) is 4.29. The topological polar surface area (TPSA) is 24.8 Å². The second kappa shape index (κ2) is 2.64. The summed E-state index contributed by atoms with van der Waals surface area (Å²) in [7, 11) is 0. The van der Waals surface area contributed by atoms with Gasteiger partial charge in [-0.3, -0.25) is 5.01 Å². The van der Waals surface area contributed by atoms with E-state index in [9.17, 15) is 0 Å². The summed E-state index contributed by atoms with van der Waals surface area (Å²) in [6.07, 6.45) is 1.54. The highest BCUT2D eigenvalue weighted by Gasteiger charge is 2.46. The molecule has 0 saturated heterocycles. The Morgan fingerprint density at radius 2 is 2.08 bits per heavy atom. The summed E-state index contributed by atoms with van der Waals surface area (Å²) in [5.74, 6) is 0. The van der Waals surface area contributed by atoms with Crippen LogP contribution in [0.5, 0.6) is 0 Å². The maximum Gasteiger partial charge on any atom is 0.200 e. The molecule has 0 aliphatic carbocycles. The molecule has 3 heteroatoms. The predicted molar refractivity (Wildman–Crippen MR) is 49.8 cm³/mol. The summed E-state index contributed by atoms with van der Waals surface area (Å²) in [6, 6.07) is 0. The predicted octanol–water partition coefficient (Wildman–Crippen LogP) is 2.04. The molecule has 0 bridgehead atoms. The smallest absolute Gasteiger partial charge is 0.200 e. The minimum absolute atomic E-state index is 0.0690. The fourth-order valence-electron chi connectivity index (χ4n) is 1.30. The van der Waals surface area contributed by atoms with Crippen LogP contribution in [-0.4, -0.2) is 23.7 Å². The highest BCUT2D eigenvalue weighted by atomic mass is 16.5. The molecule has 0 aromatic carbocycles. The van der Waals surface area contributed by atoms with Crippen LogP contribution in [0.15, 0.2) is 5.10 Å². The number of rotatable bonds is 1. The van der Waals surface area contributed by atoms with Crippen molar-refractivity contribution in [2.75, 3.05) is 6.54 Å². The van der Waals surface area contributed by atoms with Crippen molar-refractivity contribution in [1.29, 1.82) is 0 Å². The summed E-state index contributed by atoms with van der Waals surface area (Å²) < 4.78 is 5.54. The molecule has 0 spiro atoms. The average Bonchev–Trinajstić information content (AvgIpc) is 2.30. The van der Waals surface area contributed by atoms with Crippen molar-refractivity contribution < 1.29 is 4.74 Å². The van der Waals surface area contributed by atoms with Gasteiger partial charge in [0.2, 0.25) is 5.72 Å². The lowest BCUT2D eigenvalue weighted by atomic mass is 9.84. The number of ether oxygens (including phenoxy) is 1. The normalized spacial score (nSPS) is 29.2. The molecule has 1 aliphatic rings. The molecule has 0 aromatic rings. The summed E-state index contributed by atoms with van der Waals surface area (Å²) in [5, 5.41) is 6.14. The van der Waals surface area contributed by atoms with Crippen molar-refractivity contribution in [2.45, 2.75) is 40.3 Å². The third-order valence-corrected chi connectivity index (χ3v) is 2.65. The zero-order valence-electron chi connectivity index (χ0n) is 8.59. The molecule has 1 rings (SSSR count). The van der Waals surface area contributed by atoms with Crippen LogP contribution in [-0.2, 0) is 4.74 Å². The molecule has 70 valence electrons. The standard InChI is InChI=1S/C9H18N2O/c1-6-11-9(5,8(2,3)4)12-7-10-11/h7H,6H2,1-5H3. The first kappa shape index (κ1) is 9.36. The van der Waals surface area contributed by atoms with Crippen molar-refractivity contribution in [3.05, 3.63) is 0 Å². The molecule has 0 fully saturated rings. The number of hydrogen-bond acceptors (Lipinski definition) is 3. The van der Waals surface area contributed by atoms with Gasteiger partial charge in [0.05, 0.1) is 0 Å². The Labute approximate surface area is 74.4 Å². The number of hydrazone groups is 1. The molecular weight excluding hydrogens is 152 g/mol. The van der Waals surface area contributed by atoms with Crippen LogP contribution in [0.25, 0.3) is 0 Å². The Kier molecular flexibility index (Phi) is 2.06. The molecule has 12 heavy (non-hydrogen) atoms. The van der Waals surface area contributed by atoms with Gasteiger partial charge in [0.25, 0.3) is 0 Å². The van der Waals surface area contributed by atoms with Gasteiger partial charge in [-0.15, -0.1) is 5.10 Å². The van der Waals surface area contributed by atoms with E-state index in [4.69, 9.17) is 4.74 Å². The molecule has 0 N–H and O–H groups in total. The first-order chi connectivity index (χ1) is 5.42. The number of hydrogen-bond donors (Lipinski definition) is 0. The van der Waals surface area contributed by atoms with Crippen LogP contribution in [0.2, 0.25) is 0 Å². The van der Waals surface area contributed by atoms with Gasteiger partial charge >= 0.3 is 0 Å². The lowest BCUT2D eigenvalue weighted by Crippen LogP contribution is -2.51. The summed E-state index contributed by atoms with van der Waals surface area (Å²) >= 11 is 0. The highest BCUT2D eigenvalue weighted by molar-refractivity contribution is 5.49. The first-order valence-corrected chi connectivity index (χ1v) is 4.39. The Balaban J connectivity index is 2.86. The fourth-order valence-corrected chi connectivity index (χ4v) is 1.30. The highest BCUT2D eigenvalue weighted by Crippen LogP contribution is 2.38. The van der Waals surface area contributed by atoms with Crippen molar-refractivity contribution in [1.82, 2.24) is 5.01 Å². The van der Waals surface area contributed by atoms with Crippen molar-refractivity contribution in [3.8, 4) is 0 Å². The van der Waals surface area contributed by atoms with Gasteiger partial charge < -0.3 is 4.74 Å². The largest absolute Gasteiger partial charge is 0.454 e. The third-order valence-electron chi connectivity index (χ3n) is 2.65. The van der Waals surface area contributed by atoms with Crippen LogP contribution in [0.1, 0.15) is 34.6 Å². The summed E-state index contributed by atoms with van der Waals surface area (Å²) in [6.45, 7) is 11.5. The van der Waals surface area contributed by atoms with E-state index in [0.29, 0.717) is 0 Å². The van der Waals surface area contributed by atoms with E-state index in [2.05, 4.69) is 39.7 Å². The van der Waals surface area contributed by atoms with Crippen LogP contribution >= 0.6 is 0 Å². The monoisotopic (exact) mass is 170 g/mol. The van der Waals surface area contributed by atoms with Gasteiger partial charge in [-0.05, 0) is 13.8 Å². The van der Waals surface area contributed by atoms with E-state index in [-0.39, 0.29) is 11.1 Å². The fraction of sp³-hybridized carbons (Fsp3) is 0.889. The molecule has 0 amide bonds. The Morgan fingerprint density at radius 3 is 2.42 bits per heavy atom. The van der Waals surface area contributed by atoms with E-state index < -0.39 is 0 Å². The number of nitrogens with zero attached hydrogens (tertiary/aromatic N) is 2. The van der Waals surface area contributed by atoms with Crippen molar-refractivity contribution in [2.24, 2.45) is 10.5 Å². The molecule has 0 radical (unpaired) electrons. The van der Waals surface area contributed by atoms with Crippen molar-refractivity contribution in [3.63, 3.8) is 0 Å². The zero-order valence-corrected chi connectivity index (χ0v) is 8.59. The molecule has 3 nitrogen and oxygen atoms in total. The maximum absolute atomic E-state index is 5.54. The van der Waals surface area contributed by atoms with Gasteiger partial charge in [-0.2, -0.15) is 0 Å². The quantitative estimate of drug-likeness (QED) is 0.601. The zero-order chi connectivity index (χ0) is 9.41. The van der Waals surface area contributed by atoms with Crippen LogP contribution < -0.4 is 0 Å². The van der Waals surface area contributed by atoms with E-state index in [0.717, 1.165) is 6.54 Å². The van der Waals surface area contributed by atoms with Crippen molar-refractivity contribution >= 4 is 6.40 Å². The second-order valence-corrected chi connectivity index (χ2v) is 4.29. The van der Waals surface area contributed by atoms with E-state index in [1.807, 2.05) is 5.01 Å². The lowest BCUT2D eigenvalue weighted by Gasteiger charge is -2.42. The third kappa shape index (κ3) is 1.17. The van der Waals surface area contributed by atoms with E-state index in [1.165, 1.54) is 6.40 Å². The van der Waals surface area contributed by atoms with E-state index >= 15 is 0 Å². The van der Waals surface area contributed by atoms with Gasteiger partial charge in [0.15, 0.2) is 6.40 Å². The minimum atomic E-state index is -0.290. The molecule has 1 aliphatic heterocycles. The minimum Gasteiger partial charge on any atom is -0.454 e. The maximum atomic E-state index is 5.54. The molecule has 1 atom stereocenters. The first-order valence-electron chi connectivity index (χ1n) is 4.39. The Hall–Kier alpha value is -0.730. The summed E-state index contributed by atoms with van der Waals surface area (Å²) in [5.41, 5.74) is -0.221. The van der Waals surface area contributed by atoms with Gasteiger partial charge in [-0.1, -0.05) is 20.8 Å². The molecule has 0 saturated carbocycles. The molecule has 1 unspecified atom stereocenters.